The van der Waals surface area contributed by atoms with Gasteiger partial charge in [0.1, 0.15) is 22.8 Å². The summed E-state index contributed by atoms with van der Waals surface area (Å²) in [6.07, 6.45) is 3.91. The van der Waals surface area contributed by atoms with Crippen molar-refractivity contribution >= 4 is 51.9 Å². The Morgan fingerprint density at radius 3 is 2.70 bits per heavy atom. The molecule has 0 aliphatic heterocycles. The van der Waals surface area contributed by atoms with Crippen molar-refractivity contribution in [2.45, 2.75) is 13.3 Å². The summed E-state index contributed by atoms with van der Waals surface area (Å²) in [5.74, 6) is -2.72. The molecule has 0 aliphatic rings. The van der Waals surface area contributed by atoms with Crippen LogP contribution in [-0.4, -0.2) is 21.6 Å². The second-order valence-corrected chi connectivity index (χ2v) is 8.45. The molecule has 0 unspecified atom stereocenters. The standard InChI is InChI=1S/C23H18ClF3N4OS/c1-2-7-33-31-19-6-5-18(26)20(21(19)27)23(32)30-13-9-14-15(11-29-22(14)28-10-13)12-3-4-17(25)16(24)8-12/h3-6,8-11,31H,2,7H2,1H3,(H,28,29)(H,30,32). The number of hydrogen-bond acceptors (Lipinski definition) is 4. The molecule has 0 aliphatic carbocycles. The molecular formula is C23H18ClF3N4OS. The van der Waals surface area contributed by atoms with E-state index >= 15 is 0 Å². The first kappa shape index (κ1) is 23.0. The lowest BCUT2D eigenvalue weighted by atomic mass is 10.1. The summed E-state index contributed by atoms with van der Waals surface area (Å²) in [5.41, 5.74) is 1.39. The highest BCUT2D eigenvalue weighted by molar-refractivity contribution is 8.00. The van der Waals surface area contributed by atoms with Gasteiger partial charge in [0.25, 0.3) is 5.91 Å². The number of nitrogens with one attached hydrogen (secondary N) is 3. The van der Waals surface area contributed by atoms with E-state index in [9.17, 15) is 18.0 Å². The van der Waals surface area contributed by atoms with E-state index in [0.29, 0.717) is 22.2 Å². The molecule has 170 valence electrons. The third-order valence-corrected chi connectivity index (χ3v) is 6.09. The summed E-state index contributed by atoms with van der Waals surface area (Å²) in [6.45, 7) is 1.97. The monoisotopic (exact) mass is 490 g/mol. The Morgan fingerprint density at radius 2 is 1.94 bits per heavy atom. The first-order valence-electron chi connectivity index (χ1n) is 9.98. The summed E-state index contributed by atoms with van der Waals surface area (Å²) in [6, 6.07) is 8.19. The van der Waals surface area contributed by atoms with E-state index < -0.39 is 28.9 Å². The Bertz CT molecular complexity index is 1350. The molecule has 0 bridgehead atoms. The first-order chi connectivity index (χ1) is 15.9. The van der Waals surface area contributed by atoms with E-state index in [-0.39, 0.29) is 16.4 Å². The van der Waals surface area contributed by atoms with E-state index in [2.05, 4.69) is 20.0 Å². The van der Waals surface area contributed by atoms with Crippen LogP contribution in [0.15, 0.2) is 48.8 Å². The van der Waals surface area contributed by atoms with Crippen molar-refractivity contribution in [3.05, 3.63) is 76.8 Å². The van der Waals surface area contributed by atoms with Gasteiger partial charge in [-0.1, -0.05) is 36.5 Å². The first-order valence-corrected chi connectivity index (χ1v) is 11.3. The maximum Gasteiger partial charge on any atom is 0.261 e. The summed E-state index contributed by atoms with van der Waals surface area (Å²) in [4.78, 5) is 20.0. The molecule has 0 fully saturated rings. The van der Waals surface area contributed by atoms with E-state index in [1.54, 1.807) is 18.3 Å². The van der Waals surface area contributed by atoms with Crippen LogP contribution in [0.5, 0.6) is 0 Å². The van der Waals surface area contributed by atoms with Crippen LogP contribution >= 0.6 is 23.5 Å². The summed E-state index contributed by atoms with van der Waals surface area (Å²) in [5, 5.41) is 3.08. The van der Waals surface area contributed by atoms with Gasteiger partial charge in [-0.05, 0) is 42.3 Å². The minimum atomic E-state index is -0.978. The second-order valence-electron chi connectivity index (χ2n) is 7.14. The lowest BCUT2D eigenvalue weighted by molar-refractivity contribution is 0.101. The number of aromatic nitrogens is 2. The van der Waals surface area contributed by atoms with Crippen LogP contribution in [0.1, 0.15) is 23.7 Å². The molecule has 10 heteroatoms. The van der Waals surface area contributed by atoms with Crippen LogP contribution < -0.4 is 10.0 Å². The van der Waals surface area contributed by atoms with E-state index in [1.807, 2.05) is 6.92 Å². The molecule has 5 nitrogen and oxygen atoms in total. The van der Waals surface area contributed by atoms with Gasteiger partial charge in [-0.2, -0.15) is 0 Å². The van der Waals surface area contributed by atoms with Crippen molar-refractivity contribution in [2.75, 3.05) is 15.8 Å². The van der Waals surface area contributed by atoms with Crippen LogP contribution in [-0.2, 0) is 0 Å². The van der Waals surface area contributed by atoms with Gasteiger partial charge in [-0.25, -0.2) is 18.2 Å². The molecule has 4 rings (SSSR count). The third-order valence-electron chi connectivity index (χ3n) is 4.83. The topological polar surface area (TPSA) is 69.8 Å². The highest BCUT2D eigenvalue weighted by atomic mass is 35.5. The molecule has 33 heavy (non-hydrogen) atoms. The molecule has 0 atom stereocenters. The number of carbonyl (C=O) groups excluding carboxylic acids is 1. The Balaban J connectivity index is 1.64. The third kappa shape index (κ3) is 4.79. The van der Waals surface area contributed by atoms with E-state index in [0.717, 1.165) is 18.2 Å². The lowest BCUT2D eigenvalue weighted by Gasteiger charge is -2.11. The normalized spacial score (nSPS) is 11.1. The predicted octanol–water partition coefficient (Wildman–Crippen LogP) is 7.02. The van der Waals surface area contributed by atoms with Crippen LogP contribution in [0, 0.1) is 17.5 Å². The number of carbonyl (C=O) groups is 1. The molecule has 2 heterocycles. The molecule has 0 saturated carbocycles. The molecule has 1 amide bonds. The van der Waals surface area contributed by atoms with Crippen molar-refractivity contribution in [1.82, 2.24) is 9.97 Å². The molecule has 2 aromatic carbocycles. The molecule has 0 spiro atoms. The SMILES string of the molecule is CCCSNc1ccc(F)c(C(=O)Nc2cnc3[nH]cc(-c4ccc(F)c(Cl)c4)c3c2)c1F. The lowest BCUT2D eigenvalue weighted by Crippen LogP contribution is -2.17. The zero-order valence-corrected chi connectivity index (χ0v) is 18.9. The Hall–Kier alpha value is -3.17. The number of nitrogens with zero attached hydrogens (tertiary/aromatic N) is 1. The number of H-pyrrole nitrogens is 1. The van der Waals surface area contributed by atoms with Gasteiger partial charge < -0.3 is 15.0 Å². The Kier molecular flexibility index (Phi) is 6.80. The second kappa shape index (κ2) is 9.76. The van der Waals surface area contributed by atoms with Gasteiger partial charge in [0.05, 0.1) is 22.6 Å². The van der Waals surface area contributed by atoms with Gasteiger partial charge in [-0.3, -0.25) is 4.79 Å². The highest BCUT2D eigenvalue weighted by Gasteiger charge is 2.21. The fourth-order valence-corrected chi connectivity index (χ4v) is 4.04. The summed E-state index contributed by atoms with van der Waals surface area (Å²) >= 11 is 7.16. The molecule has 3 N–H and O–H groups in total. The minimum Gasteiger partial charge on any atom is -0.346 e. The van der Waals surface area contributed by atoms with Gasteiger partial charge in [0.15, 0.2) is 5.82 Å². The number of anilines is 2. The zero-order chi connectivity index (χ0) is 23.5. The number of fused-ring (bicyclic) bond motifs is 1. The van der Waals surface area contributed by atoms with Crippen LogP contribution in [0.2, 0.25) is 5.02 Å². The predicted molar refractivity (Wildman–Crippen MR) is 127 cm³/mol. The van der Waals surface area contributed by atoms with E-state index in [1.165, 1.54) is 36.3 Å². The van der Waals surface area contributed by atoms with Gasteiger partial charge in [-0.15, -0.1) is 0 Å². The van der Waals surface area contributed by atoms with Crippen molar-refractivity contribution in [1.29, 1.82) is 0 Å². The number of benzene rings is 2. The highest BCUT2D eigenvalue weighted by Crippen LogP contribution is 2.32. The molecular weight excluding hydrogens is 473 g/mol. The van der Waals surface area contributed by atoms with Crippen LogP contribution in [0.3, 0.4) is 0 Å². The number of hydrogen-bond donors (Lipinski definition) is 3. The van der Waals surface area contributed by atoms with Crippen molar-refractivity contribution in [3.63, 3.8) is 0 Å². The minimum absolute atomic E-state index is 0.0229. The number of pyridine rings is 1. The van der Waals surface area contributed by atoms with Crippen LogP contribution in [0.25, 0.3) is 22.2 Å². The number of rotatable bonds is 7. The maximum absolute atomic E-state index is 14.8. The average Bonchev–Trinajstić information content (AvgIpc) is 3.20. The largest absolute Gasteiger partial charge is 0.346 e. The Labute approximate surface area is 196 Å². The smallest absolute Gasteiger partial charge is 0.261 e. The van der Waals surface area contributed by atoms with Crippen LogP contribution in [0.4, 0.5) is 24.5 Å². The molecule has 0 saturated heterocycles. The van der Waals surface area contributed by atoms with Gasteiger partial charge in [0.2, 0.25) is 0 Å². The van der Waals surface area contributed by atoms with Gasteiger partial charge >= 0.3 is 0 Å². The summed E-state index contributed by atoms with van der Waals surface area (Å²) < 4.78 is 45.5. The quantitative estimate of drug-likeness (QED) is 0.192. The average molecular weight is 491 g/mol. The van der Waals surface area contributed by atoms with Gasteiger partial charge in [0, 0.05) is 22.9 Å². The fraction of sp³-hybridized carbons (Fsp3) is 0.130. The number of halogens is 4. The summed E-state index contributed by atoms with van der Waals surface area (Å²) in [7, 11) is 0. The number of amides is 1. The van der Waals surface area contributed by atoms with E-state index in [4.69, 9.17) is 11.6 Å². The van der Waals surface area contributed by atoms with Crippen molar-refractivity contribution in [3.8, 4) is 11.1 Å². The molecule has 2 aromatic heterocycles. The van der Waals surface area contributed by atoms with Crippen molar-refractivity contribution in [2.24, 2.45) is 0 Å². The zero-order valence-electron chi connectivity index (χ0n) is 17.3. The fourth-order valence-electron chi connectivity index (χ4n) is 3.24. The van der Waals surface area contributed by atoms with Crippen molar-refractivity contribution < 1.29 is 18.0 Å². The Morgan fingerprint density at radius 1 is 1.15 bits per heavy atom. The maximum atomic E-state index is 14.8. The molecule has 0 radical (unpaired) electrons. The number of aromatic amines is 1. The molecule has 4 aromatic rings.